The average Bonchev–Trinajstić information content (AvgIpc) is 2.88. The highest BCUT2D eigenvalue weighted by Crippen LogP contribution is 2.64. The molecule has 0 radical (unpaired) electrons. The molecule has 2 amide bonds. The van der Waals surface area contributed by atoms with E-state index in [4.69, 9.17) is 0 Å². The fourth-order valence-electron chi connectivity index (χ4n) is 3.31. The van der Waals surface area contributed by atoms with E-state index in [1.807, 2.05) is 6.92 Å². The van der Waals surface area contributed by atoms with Gasteiger partial charge < -0.3 is 0 Å². The number of carbonyl (C=O) groups is 2. The molecule has 1 aromatic carbocycles. The maximum atomic E-state index is 13.5. The zero-order valence-corrected chi connectivity index (χ0v) is 11.3. The van der Waals surface area contributed by atoms with Gasteiger partial charge in [0.15, 0.2) is 0 Å². The first kappa shape index (κ1) is 11.8. The van der Waals surface area contributed by atoms with Crippen molar-refractivity contribution < 1.29 is 14.0 Å². The van der Waals surface area contributed by atoms with Crippen molar-refractivity contribution in [1.29, 1.82) is 0 Å². The van der Waals surface area contributed by atoms with Crippen molar-refractivity contribution in [2.24, 2.45) is 11.8 Å². The zero-order valence-electron chi connectivity index (χ0n) is 9.67. The number of benzene rings is 1. The predicted molar refractivity (Wildman–Crippen MR) is 66.2 cm³/mol. The van der Waals surface area contributed by atoms with Crippen LogP contribution in [0, 0.1) is 17.7 Å². The van der Waals surface area contributed by atoms with Gasteiger partial charge in [0.25, 0.3) is 0 Å². The van der Waals surface area contributed by atoms with Gasteiger partial charge in [0.05, 0.1) is 11.8 Å². The van der Waals surface area contributed by atoms with Gasteiger partial charge in [-0.15, -0.1) is 0 Å². The van der Waals surface area contributed by atoms with Crippen molar-refractivity contribution in [3.8, 4) is 0 Å². The maximum Gasteiger partial charge on any atom is 0.231 e. The lowest BCUT2D eigenvalue weighted by atomic mass is 9.87. The van der Waals surface area contributed by atoms with Crippen molar-refractivity contribution in [3.63, 3.8) is 0 Å². The van der Waals surface area contributed by atoms with Crippen LogP contribution in [0.15, 0.2) is 22.7 Å². The van der Waals surface area contributed by atoms with E-state index in [2.05, 4.69) is 21.2 Å². The minimum absolute atomic E-state index is 0.229. The van der Waals surface area contributed by atoms with Crippen molar-refractivity contribution in [1.82, 2.24) is 5.32 Å². The minimum Gasteiger partial charge on any atom is -0.296 e. The Morgan fingerprint density at radius 3 is 2.39 bits per heavy atom. The second-order valence-corrected chi connectivity index (χ2v) is 5.78. The Bertz CT molecular complexity index is 532. The van der Waals surface area contributed by atoms with E-state index in [0.717, 1.165) is 5.56 Å². The van der Waals surface area contributed by atoms with E-state index in [-0.39, 0.29) is 29.5 Å². The summed E-state index contributed by atoms with van der Waals surface area (Å²) in [5.74, 6) is -1.48. The van der Waals surface area contributed by atoms with Crippen LogP contribution in [0.1, 0.15) is 18.9 Å². The number of imide groups is 1. The SMILES string of the molecule is CC[C@@]1(c2cc(F)cc(Br)c2)[C@@H]2C(=O)NC(=O)[C@@H]21. The number of piperidine rings is 1. The standard InChI is InChI=1S/C13H11BrFNO2/c1-2-13(6-3-7(14)5-8(15)4-6)9-10(13)12(18)16-11(9)17/h3-5,9-10H,2H2,1H3,(H,16,17,18)/t9-,10+,13+. The fraction of sp³-hybridized carbons (Fsp3) is 0.385. The molecule has 1 aliphatic carbocycles. The molecule has 94 valence electrons. The van der Waals surface area contributed by atoms with Crippen LogP contribution in [0.3, 0.4) is 0 Å². The molecule has 1 saturated carbocycles. The number of rotatable bonds is 2. The Labute approximate surface area is 112 Å². The normalized spacial score (nSPS) is 33.3. The third kappa shape index (κ3) is 1.34. The van der Waals surface area contributed by atoms with Crippen molar-refractivity contribution in [2.75, 3.05) is 0 Å². The molecule has 1 N–H and O–H groups in total. The molecular weight excluding hydrogens is 301 g/mol. The Kier molecular flexibility index (Phi) is 2.39. The molecular formula is C13H11BrFNO2. The van der Waals surface area contributed by atoms with Gasteiger partial charge in [0.2, 0.25) is 11.8 Å². The van der Waals surface area contributed by atoms with Gasteiger partial charge in [-0.05, 0) is 30.2 Å². The summed E-state index contributed by atoms with van der Waals surface area (Å²) in [6, 6.07) is 4.59. The first-order valence-electron chi connectivity index (χ1n) is 5.82. The first-order valence-corrected chi connectivity index (χ1v) is 6.61. The molecule has 1 aliphatic heterocycles. The van der Waals surface area contributed by atoms with Crippen LogP contribution in [0.4, 0.5) is 4.39 Å². The minimum atomic E-state index is -0.510. The summed E-state index contributed by atoms with van der Waals surface area (Å²) in [4.78, 5) is 23.4. The molecule has 0 bridgehead atoms. The number of fused-ring (bicyclic) bond motifs is 1. The van der Waals surface area contributed by atoms with Crippen LogP contribution in [-0.2, 0) is 15.0 Å². The predicted octanol–water partition coefficient (Wildman–Crippen LogP) is 2.14. The molecule has 3 rings (SSSR count). The molecule has 0 spiro atoms. The Hall–Kier alpha value is -1.23. The quantitative estimate of drug-likeness (QED) is 0.851. The second kappa shape index (κ2) is 3.63. The number of amides is 2. The highest BCUT2D eigenvalue weighted by molar-refractivity contribution is 9.10. The van der Waals surface area contributed by atoms with Gasteiger partial charge in [-0.3, -0.25) is 14.9 Å². The van der Waals surface area contributed by atoms with E-state index in [1.54, 1.807) is 6.07 Å². The van der Waals surface area contributed by atoms with Crippen LogP contribution >= 0.6 is 15.9 Å². The van der Waals surface area contributed by atoms with E-state index < -0.39 is 5.41 Å². The average molecular weight is 312 g/mol. The Balaban J connectivity index is 2.10. The largest absolute Gasteiger partial charge is 0.296 e. The van der Waals surface area contributed by atoms with Crippen LogP contribution < -0.4 is 5.32 Å². The third-order valence-electron chi connectivity index (χ3n) is 4.13. The lowest BCUT2D eigenvalue weighted by Gasteiger charge is -2.19. The van der Waals surface area contributed by atoms with E-state index in [0.29, 0.717) is 10.9 Å². The summed E-state index contributed by atoms with van der Waals surface area (Å²) < 4.78 is 14.1. The number of hydrogen-bond donors (Lipinski definition) is 1. The summed E-state index contributed by atoms with van der Waals surface area (Å²) in [5, 5.41) is 2.32. The second-order valence-electron chi connectivity index (χ2n) is 4.86. The summed E-state index contributed by atoms with van der Waals surface area (Å²) in [5.41, 5.74) is 0.222. The summed E-state index contributed by atoms with van der Waals surface area (Å²) in [6.45, 7) is 1.93. The van der Waals surface area contributed by atoms with Crippen LogP contribution in [0.25, 0.3) is 0 Å². The number of halogens is 2. The molecule has 0 unspecified atom stereocenters. The zero-order chi connectivity index (χ0) is 13.1. The molecule has 2 aliphatic rings. The maximum absolute atomic E-state index is 13.5. The number of carbonyl (C=O) groups excluding carboxylic acids is 2. The van der Waals surface area contributed by atoms with E-state index >= 15 is 0 Å². The first-order chi connectivity index (χ1) is 8.50. The highest BCUT2D eigenvalue weighted by Gasteiger charge is 2.74. The highest BCUT2D eigenvalue weighted by atomic mass is 79.9. The molecule has 2 fully saturated rings. The van der Waals surface area contributed by atoms with Crippen molar-refractivity contribution in [2.45, 2.75) is 18.8 Å². The monoisotopic (exact) mass is 311 g/mol. The topological polar surface area (TPSA) is 46.2 Å². The lowest BCUT2D eigenvalue weighted by Crippen LogP contribution is -2.33. The number of hydrogen-bond acceptors (Lipinski definition) is 2. The molecule has 5 heteroatoms. The Morgan fingerprint density at radius 2 is 1.89 bits per heavy atom. The van der Waals surface area contributed by atoms with Crippen LogP contribution in [-0.4, -0.2) is 11.8 Å². The molecule has 3 atom stereocenters. The van der Waals surface area contributed by atoms with E-state index in [1.165, 1.54) is 12.1 Å². The summed E-state index contributed by atoms with van der Waals surface area (Å²) >= 11 is 3.25. The fourth-order valence-corrected chi connectivity index (χ4v) is 3.78. The van der Waals surface area contributed by atoms with Crippen molar-refractivity contribution in [3.05, 3.63) is 34.1 Å². The smallest absolute Gasteiger partial charge is 0.231 e. The molecule has 1 saturated heterocycles. The van der Waals surface area contributed by atoms with Crippen LogP contribution in [0.5, 0.6) is 0 Å². The molecule has 1 heterocycles. The van der Waals surface area contributed by atoms with Gasteiger partial charge in [0, 0.05) is 9.89 Å². The third-order valence-corrected chi connectivity index (χ3v) is 4.59. The van der Waals surface area contributed by atoms with Gasteiger partial charge in [-0.2, -0.15) is 0 Å². The Morgan fingerprint density at radius 1 is 1.28 bits per heavy atom. The van der Waals surface area contributed by atoms with Gasteiger partial charge >= 0.3 is 0 Å². The molecule has 18 heavy (non-hydrogen) atoms. The van der Waals surface area contributed by atoms with E-state index in [9.17, 15) is 14.0 Å². The molecule has 0 aromatic heterocycles. The van der Waals surface area contributed by atoms with Gasteiger partial charge in [0.1, 0.15) is 5.82 Å². The molecule has 1 aromatic rings. The van der Waals surface area contributed by atoms with Gasteiger partial charge in [-0.25, -0.2) is 4.39 Å². The summed E-state index contributed by atoms with van der Waals surface area (Å²) in [7, 11) is 0. The van der Waals surface area contributed by atoms with Crippen LogP contribution in [0.2, 0.25) is 0 Å². The number of nitrogens with one attached hydrogen (secondary N) is 1. The van der Waals surface area contributed by atoms with Crippen molar-refractivity contribution >= 4 is 27.7 Å². The lowest BCUT2D eigenvalue weighted by molar-refractivity contribution is -0.128. The molecule has 3 nitrogen and oxygen atoms in total. The van der Waals surface area contributed by atoms with Gasteiger partial charge in [-0.1, -0.05) is 22.9 Å². The summed E-state index contributed by atoms with van der Waals surface area (Å²) in [6.07, 6.45) is 0.650.